The summed E-state index contributed by atoms with van der Waals surface area (Å²) in [6, 6.07) is 8.94. The summed E-state index contributed by atoms with van der Waals surface area (Å²) in [5.74, 6) is -1.30. The number of thiazole rings is 1. The van der Waals surface area contributed by atoms with Crippen LogP contribution in [0.5, 0.6) is 0 Å². The van der Waals surface area contributed by atoms with Gasteiger partial charge in [0.15, 0.2) is 5.13 Å². The summed E-state index contributed by atoms with van der Waals surface area (Å²) >= 11 is 1.37. The van der Waals surface area contributed by atoms with Crippen LogP contribution in [0, 0.1) is 5.92 Å². The molecule has 0 saturated heterocycles. The molecule has 108 valence electrons. The molecule has 21 heavy (non-hydrogen) atoms. The number of aliphatic carboxylic acids is 1. The summed E-state index contributed by atoms with van der Waals surface area (Å²) in [6.45, 7) is 0. The van der Waals surface area contributed by atoms with Gasteiger partial charge in [0, 0.05) is 10.4 Å². The molecule has 1 aromatic carbocycles. The van der Waals surface area contributed by atoms with Crippen LogP contribution in [0.25, 0.3) is 0 Å². The van der Waals surface area contributed by atoms with E-state index >= 15 is 0 Å². The Morgan fingerprint density at radius 3 is 2.76 bits per heavy atom. The van der Waals surface area contributed by atoms with Crippen LogP contribution in [-0.2, 0) is 17.6 Å². The number of fused-ring (bicyclic) bond motifs is 1. The van der Waals surface area contributed by atoms with Crippen molar-refractivity contribution in [2.75, 3.05) is 5.32 Å². The number of carbonyl (C=O) groups excluding carboxylic acids is 1. The van der Waals surface area contributed by atoms with E-state index in [1.807, 2.05) is 6.07 Å². The number of carbonyl (C=O) groups is 2. The number of hydrogen-bond acceptors (Lipinski definition) is 4. The smallest absolute Gasteiger partial charge is 0.306 e. The lowest BCUT2D eigenvalue weighted by molar-refractivity contribution is -0.142. The van der Waals surface area contributed by atoms with Gasteiger partial charge in [-0.05, 0) is 31.4 Å². The number of carboxylic acid groups (broad SMARTS) is 1. The lowest BCUT2D eigenvalue weighted by Gasteiger charge is -2.16. The number of nitrogens with zero attached hydrogens (tertiary/aromatic N) is 1. The van der Waals surface area contributed by atoms with Crippen LogP contribution in [0.4, 0.5) is 5.13 Å². The Kier molecular flexibility index (Phi) is 3.70. The second-order valence-electron chi connectivity index (χ2n) is 4.99. The number of amides is 1. The molecule has 1 atom stereocenters. The van der Waals surface area contributed by atoms with Crippen LogP contribution in [0.3, 0.4) is 0 Å². The average Bonchev–Trinajstić information content (AvgIpc) is 2.89. The molecule has 6 heteroatoms. The van der Waals surface area contributed by atoms with E-state index in [9.17, 15) is 9.59 Å². The minimum Gasteiger partial charge on any atom is -0.481 e. The zero-order chi connectivity index (χ0) is 14.8. The Bertz CT molecular complexity index is 681. The number of nitrogens with one attached hydrogen (secondary N) is 1. The van der Waals surface area contributed by atoms with Gasteiger partial charge in [0.05, 0.1) is 11.6 Å². The summed E-state index contributed by atoms with van der Waals surface area (Å²) in [7, 11) is 0. The molecule has 1 unspecified atom stereocenters. The van der Waals surface area contributed by atoms with Gasteiger partial charge < -0.3 is 5.11 Å². The van der Waals surface area contributed by atoms with E-state index in [0.29, 0.717) is 30.0 Å². The first-order valence-electron chi connectivity index (χ1n) is 6.71. The third-order valence-electron chi connectivity index (χ3n) is 3.55. The summed E-state index contributed by atoms with van der Waals surface area (Å²) in [4.78, 5) is 28.5. The molecule has 0 saturated carbocycles. The Hall–Kier alpha value is -2.21. The lowest BCUT2D eigenvalue weighted by atomic mass is 9.91. The van der Waals surface area contributed by atoms with Gasteiger partial charge >= 0.3 is 5.97 Å². The first kappa shape index (κ1) is 13.8. The molecular weight excluding hydrogens is 288 g/mol. The highest BCUT2D eigenvalue weighted by atomic mass is 32.1. The maximum Gasteiger partial charge on any atom is 0.306 e. The van der Waals surface area contributed by atoms with E-state index in [1.54, 1.807) is 24.3 Å². The molecule has 0 bridgehead atoms. The summed E-state index contributed by atoms with van der Waals surface area (Å²) in [5, 5.41) is 12.4. The van der Waals surface area contributed by atoms with Crippen molar-refractivity contribution in [1.29, 1.82) is 0 Å². The van der Waals surface area contributed by atoms with E-state index in [4.69, 9.17) is 5.11 Å². The highest BCUT2D eigenvalue weighted by Gasteiger charge is 2.27. The molecule has 1 heterocycles. The standard InChI is InChI=1S/C15H14N2O3S/c18-13(9-4-2-1-3-5-9)17-15-16-11-7-6-10(14(19)20)8-12(11)21-15/h1-5,10H,6-8H2,(H,19,20)(H,16,17,18). The van der Waals surface area contributed by atoms with E-state index < -0.39 is 5.97 Å². The molecule has 1 aliphatic carbocycles. The molecule has 2 N–H and O–H groups in total. The summed E-state index contributed by atoms with van der Waals surface area (Å²) in [5.41, 5.74) is 1.50. The fourth-order valence-corrected chi connectivity index (χ4v) is 3.48. The third-order valence-corrected chi connectivity index (χ3v) is 4.58. The normalized spacial score (nSPS) is 17.0. The number of anilines is 1. The van der Waals surface area contributed by atoms with Crippen molar-refractivity contribution in [2.45, 2.75) is 19.3 Å². The zero-order valence-corrected chi connectivity index (χ0v) is 12.0. The first-order chi connectivity index (χ1) is 10.1. The quantitative estimate of drug-likeness (QED) is 0.913. The zero-order valence-electron chi connectivity index (χ0n) is 11.2. The highest BCUT2D eigenvalue weighted by Crippen LogP contribution is 2.32. The molecule has 0 spiro atoms. The highest BCUT2D eigenvalue weighted by molar-refractivity contribution is 7.15. The largest absolute Gasteiger partial charge is 0.481 e. The van der Waals surface area contributed by atoms with Gasteiger partial charge in [-0.2, -0.15) is 0 Å². The fraction of sp³-hybridized carbons (Fsp3) is 0.267. The summed E-state index contributed by atoms with van der Waals surface area (Å²) in [6.07, 6.45) is 1.77. The van der Waals surface area contributed by atoms with Crippen LogP contribution in [0.2, 0.25) is 0 Å². The topological polar surface area (TPSA) is 79.3 Å². The van der Waals surface area contributed by atoms with Gasteiger partial charge in [-0.25, -0.2) is 4.98 Å². The van der Waals surface area contributed by atoms with Crippen LogP contribution >= 0.6 is 11.3 Å². The van der Waals surface area contributed by atoms with Crippen LogP contribution in [-0.4, -0.2) is 22.0 Å². The van der Waals surface area contributed by atoms with Crippen molar-refractivity contribution in [2.24, 2.45) is 5.92 Å². The summed E-state index contributed by atoms with van der Waals surface area (Å²) < 4.78 is 0. The van der Waals surface area contributed by atoms with E-state index in [1.165, 1.54) is 11.3 Å². The molecule has 1 aliphatic rings. The van der Waals surface area contributed by atoms with Crippen LogP contribution < -0.4 is 5.32 Å². The van der Waals surface area contributed by atoms with Gasteiger partial charge in [0.2, 0.25) is 0 Å². The van der Waals surface area contributed by atoms with Gasteiger partial charge in [-0.15, -0.1) is 11.3 Å². The second kappa shape index (κ2) is 5.65. The van der Waals surface area contributed by atoms with Crippen molar-refractivity contribution < 1.29 is 14.7 Å². The Morgan fingerprint density at radius 1 is 1.29 bits per heavy atom. The van der Waals surface area contributed by atoms with Crippen molar-refractivity contribution >= 4 is 28.3 Å². The molecule has 0 aliphatic heterocycles. The minimum atomic E-state index is -0.760. The maximum absolute atomic E-state index is 12.1. The molecule has 2 aromatic rings. The van der Waals surface area contributed by atoms with Crippen molar-refractivity contribution in [3.63, 3.8) is 0 Å². The van der Waals surface area contributed by atoms with Crippen molar-refractivity contribution in [1.82, 2.24) is 4.98 Å². The number of aromatic nitrogens is 1. The lowest BCUT2D eigenvalue weighted by Crippen LogP contribution is -2.21. The third kappa shape index (κ3) is 2.95. The van der Waals surface area contributed by atoms with Gasteiger partial charge in [-0.1, -0.05) is 18.2 Å². The predicted molar refractivity (Wildman–Crippen MR) is 79.7 cm³/mol. The Morgan fingerprint density at radius 2 is 2.05 bits per heavy atom. The molecular formula is C15H14N2O3S. The second-order valence-corrected chi connectivity index (χ2v) is 6.07. The number of benzene rings is 1. The Balaban J connectivity index is 1.74. The molecule has 0 fully saturated rings. The van der Waals surface area contributed by atoms with E-state index in [-0.39, 0.29) is 11.8 Å². The van der Waals surface area contributed by atoms with E-state index in [0.717, 1.165) is 10.6 Å². The average molecular weight is 302 g/mol. The van der Waals surface area contributed by atoms with Crippen molar-refractivity contribution in [3.8, 4) is 0 Å². The van der Waals surface area contributed by atoms with Crippen LogP contribution in [0.1, 0.15) is 27.3 Å². The number of rotatable bonds is 3. The Labute approximate surface area is 125 Å². The number of hydrogen-bond donors (Lipinski definition) is 2. The van der Waals surface area contributed by atoms with Gasteiger partial charge in [-0.3, -0.25) is 14.9 Å². The van der Waals surface area contributed by atoms with Crippen molar-refractivity contribution in [3.05, 3.63) is 46.5 Å². The maximum atomic E-state index is 12.1. The number of carboxylic acids is 1. The molecule has 3 rings (SSSR count). The minimum absolute atomic E-state index is 0.198. The molecule has 5 nitrogen and oxygen atoms in total. The van der Waals surface area contributed by atoms with Gasteiger partial charge in [0.1, 0.15) is 0 Å². The monoisotopic (exact) mass is 302 g/mol. The van der Waals surface area contributed by atoms with E-state index in [2.05, 4.69) is 10.3 Å². The number of aryl methyl sites for hydroxylation is 1. The SMILES string of the molecule is O=C(Nc1nc2c(s1)CC(C(=O)O)CC2)c1ccccc1. The molecule has 1 amide bonds. The van der Waals surface area contributed by atoms with Crippen LogP contribution in [0.15, 0.2) is 30.3 Å². The predicted octanol–water partition coefficient (Wildman–Crippen LogP) is 2.58. The molecule has 0 radical (unpaired) electrons. The fourth-order valence-electron chi connectivity index (χ4n) is 2.40. The first-order valence-corrected chi connectivity index (χ1v) is 7.53. The van der Waals surface area contributed by atoms with Gasteiger partial charge in [0.25, 0.3) is 5.91 Å². The molecule has 1 aromatic heterocycles.